The molecule has 0 unspecified atom stereocenters. The van der Waals surface area contributed by atoms with Crippen molar-refractivity contribution in [3.8, 4) is 0 Å². The van der Waals surface area contributed by atoms with E-state index in [2.05, 4.69) is 15.8 Å². The molecule has 2 aromatic rings. The Morgan fingerprint density at radius 1 is 1.38 bits per heavy atom. The first-order valence-corrected chi connectivity index (χ1v) is 7.52. The Morgan fingerprint density at radius 2 is 2.24 bits per heavy atom. The fourth-order valence-electron chi connectivity index (χ4n) is 3.09. The van der Waals surface area contributed by atoms with Gasteiger partial charge in [-0.25, -0.2) is 0 Å². The number of nitrogens with zero attached hydrogens (tertiary/aromatic N) is 3. The van der Waals surface area contributed by atoms with Gasteiger partial charge in [-0.2, -0.15) is 0 Å². The van der Waals surface area contributed by atoms with Crippen LogP contribution < -0.4 is 0 Å². The van der Waals surface area contributed by atoms with Gasteiger partial charge >= 0.3 is 0 Å². The van der Waals surface area contributed by atoms with E-state index < -0.39 is 0 Å². The molecular formula is C16H21N3O2. The minimum absolute atomic E-state index is 0.0278. The summed E-state index contributed by atoms with van der Waals surface area (Å²) in [5.74, 6) is 0.642. The van der Waals surface area contributed by atoms with Crippen molar-refractivity contribution < 1.29 is 9.32 Å². The maximum absolute atomic E-state index is 12.8. The van der Waals surface area contributed by atoms with E-state index in [0.717, 1.165) is 25.8 Å². The average molecular weight is 287 g/mol. The van der Waals surface area contributed by atoms with Crippen molar-refractivity contribution >= 4 is 5.91 Å². The van der Waals surface area contributed by atoms with Crippen LogP contribution in [0.1, 0.15) is 53.7 Å². The van der Waals surface area contributed by atoms with E-state index in [1.54, 1.807) is 13.0 Å². The molecule has 2 aromatic heterocycles. The van der Waals surface area contributed by atoms with Gasteiger partial charge in [0.2, 0.25) is 0 Å². The van der Waals surface area contributed by atoms with Gasteiger partial charge in [0.1, 0.15) is 5.76 Å². The molecule has 5 nitrogen and oxygen atoms in total. The summed E-state index contributed by atoms with van der Waals surface area (Å²) in [7, 11) is 2.03. The Hall–Kier alpha value is -2.04. The van der Waals surface area contributed by atoms with Crippen molar-refractivity contribution in [1.82, 2.24) is 14.6 Å². The molecule has 1 amide bonds. The highest BCUT2D eigenvalue weighted by Crippen LogP contribution is 2.31. The third kappa shape index (κ3) is 2.73. The summed E-state index contributed by atoms with van der Waals surface area (Å²) in [5.41, 5.74) is 1.60. The number of hydrogen-bond donors (Lipinski definition) is 0. The lowest BCUT2D eigenvalue weighted by molar-refractivity contribution is 0.0664. The topological polar surface area (TPSA) is 51.3 Å². The monoisotopic (exact) mass is 287 g/mol. The molecule has 0 radical (unpaired) electrons. The van der Waals surface area contributed by atoms with Crippen molar-refractivity contribution in [3.05, 3.63) is 41.5 Å². The summed E-state index contributed by atoms with van der Waals surface area (Å²) < 4.78 is 7.16. The molecule has 112 valence electrons. The number of carbonyl (C=O) groups excluding carboxylic acids is 1. The molecular weight excluding hydrogens is 266 g/mol. The van der Waals surface area contributed by atoms with Gasteiger partial charge in [0, 0.05) is 31.5 Å². The summed E-state index contributed by atoms with van der Waals surface area (Å²) in [4.78, 5) is 14.7. The molecule has 0 N–H and O–H groups in total. The summed E-state index contributed by atoms with van der Waals surface area (Å²) >= 11 is 0. The molecule has 3 rings (SSSR count). The molecule has 0 aromatic carbocycles. The zero-order valence-corrected chi connectivity index (χ0v) is 12.6. The van der Waals surface area contributed by atoms with E-state index in [4.69, 9.17) is 4.52 Å². The fraction of sp³-hybridized carbons (Fsp3) is 0.500. The van der Waals surface area contributed by atoms with Crippen molar-refractivity contribution in [2.45, 2.75) is 38.6 Å². The highest BCUT2D eigenvalue weighted by atomic mass is 16.5. The van der Waals surface area contributed by atoms with Gasteiger partial charge in [-0.05, 0) is 31.9 Å². The van der Waals surface area contributed by atoms with Crippen LogP contribution in [0, 0.1) is 6.92 Å². The van der Waals surface area contributed by atoms with Crippen molar-refractivity contribution in [2.24, 2.45) is 7.05 Å². The first-order valence-electron chi connectivity index (χ1n) is 7.52. The summed E-state index contributed by atoms with van der Waals surface area (Å²) in [5, 5.41) is 3.89. The van der Waals surface area contributed by atoms with E-state index in [0.29, 0.717) is 11.5 Å². The number of rotatable bonds is 2. The number of likely N-dealkylation sites (tertiary alicyclic amines) is 1. The van der Waals surface area contributed by atoms with Gasteiger partial charge in [0.05, 0.1) is 6.04 Å². The Morgan fingerprint density at radius 3 is 2.90 bits per heavy atom. The van der Waals surface area contributed by atoms with Crippen LogP contribution in [0.4, 0.5) is 0 Å². The summed E-state index contributed by atoms with van der Waals surface area (Å²) in [6.07, 6.45) is 6.40. The standard InChI is InChI=1S/C16H21N3O2/c1-12-11-13(17-21-12)16(20)19-10-5-3-4-7-15(19)14-8-6-9-18(14)2/h6,8-9,11,15H,3-5,7,10H2,1-2H3/t15-/m0/s1. The van der Waals surface area contributed by atoms with Crippen molar-refractivity contribution in [3.63, 3.8) is 0 Å². The zero-order chi connectivity index (χ0) is 14.8. The van der Waals surface area contributed by atoms with Crippen molar-refractivity contribution in [2.75, 3.05) is 6.54 Å². The predicted molar refractivity (Wildman–Crippen MR) is 78.9 cm³/mol. The molecule has 3 heterocycles. The number of amides is 1. The third-order valence-corrected chi connectivity index (χ3v) is 4.19. The molecule has 0 bridgehead atoms. The lowest BCUT2D eigenvalue weighted by atomic mass is 10.1. The highest BCUT2D eigenvalue weighted by molar-refractivity contribution is 5.92. The number of carbonyl (C=O) groups is 1. The van der Waals surface area contributed by atoms with E-state index in [9.17, 15) is 4.79 Å². The van der Waals surface area contributed by atoms with Crippen LogP contribution in [0.2, 0.25) is 0 Å². The number of aromatic nitrogens is 2. The highest BCUT2D eigenvalue weighted by Gasteiger charge is 2.30. The van der Waals surface area contributed by atoms with E-state index in [-0.39, 0.29) is 11.9 Å². The molecule has 1 atom stereocenters. The van der Waals surface area contributed by atoms with Crippen LogP contribution in [0.3, 0.4) is 0 Å². The van der Waals surface area contributed by atoms with E-state index in [1.807, 2.05) is 24.2 Å². The second-order valence-electron chi connectivity index (χ2n) is 5.73. The second kappa shape index (κ2) is 5.76. The summed E-state index contributed by atoms with van der Waals surface area (Å²) in [6.45, 7) is 2.58. The Bertz CT molecular complexity index is 629. The van der Waals surface area contributed by atoms with Gasteiger partial charge in [-0.15, -0.1) is 0 Å². The number of hydrogen-bond acceptors (Lipinski definition) is 3. The molecule has 1 aliphatic heterocycles. The molecule has 21 heavy (non-hydrogen) atoms. The normalized spacial score (nSPS) is 19.5. The number of aryl methyl sites for hydroxylation is 2. The van der Waals surface area contributed by atoms with Crippen LogP contribution >= 0.6 is 0 Å². The van der Waals surface area contributed by atoms with E-state index in [1.165, 1.54) is 12.1 Å². The van der Waals surface area contributed by atoms with Gasteiger partial charge < -0.3 is 14.0 Å². The van der Waals surface area contributed by atoms with Crippen LogP contribution in [-0.2, 0) is 7.05 Å². The minimum Gasteiger partial charge on any atom is -0.361 e. The predicted octanol–water partition coefficient (Wildman–Crippen LogP) is 3.08. The fourth-order valence-corrected chi connectivity index (χ4v) is 3.09. The van der Waals surface area contributed by atoms with Crippen LogP contribution in [0.25, 0.3) is 0 Å². The molecule has 1 fully saturated rings. The SMILES string of the molecule is Cc1cc(C(=O)N2CCCCC[C@H]2c2cccn2C)no1. The van der Waals surface area contributed by atoms with Gasteiger partial charge in [-0.3, -0.25) is 4.79 Å². The second-order valence-corrected chi connectivity index (χ2v) is 5.73. The molecule has 0 aliphatic carbocycles. The molecule has 5 heteroatoms. The van der Waals surface area contributed by atoms with Crippen LogP contribution in [-0.4, -0.2) is 27.1 Å². The summed E-state index contributed by atoms with van der Waals surface area (Å²) in [6, 6.07) is 5.97. The molecule has 1 aliphatic rings. The maximum atomic E-state index is 12.8. The zero-order valence-electron chi connectivity index (χ0n) is 12.6. The molecule has 0 saturated carbocycles. The Balaban J connectivity index is 1.92. The van der Waals surface area contributed by atoms with Gasteiger partial charge in [-0.1, -0.05) is 18.0 Å². The smallest absolute Gasteiger partial charge is 0.276 e. The largest absolute Gasteiger partial charge is 0.361 e. The first kappa shape index (κ1) is 13.9. The Kier molecular flexibility index (Phi) is 3.82. The first-order chi connectivity index (χ1) is 10.2. The minimum atomic E-state index is -0.0278. The lowest BCUT2D eigenvalue weighted by Crippen LogP contribution is -2.35. The van der Waals surface area contributed by atoms with Crippen LogP contribution in [0.5, 0.6) is 0 Å². The lowest BCUT2D eigenvalue weighted by Gasteiger charge is -2.30. The Labute approximate surface area is 124 Å². The van der Waals surface area contributed by atoms with E-state index >= 15 is 0 Å². The van der Waals surface area contributed by atoms with Gasteiger partial charge in [0.15, 0.2) is 5.69 Å². The molecule has 0 spiro atoms. The molecule has 1 saturated heterocycles. The third-order valence-electron chi connectivity index (χ3n) is 4.19. The van der Waals surface area contributed by atoms with Crippen LogP contribution in [0.15, 0.2) is 28.9 Å². The van der Waals surface area contributed by atoms with Crippen molar-refractivity contribution in [1.29, 1.82) is 0 Å². The maximum Gasteiger partial charge on any atom is 0.276 e. The quantitative estimate of drug-likeness (QED) is 0.853. The van der Waals surface area contributed by atoms with Gasteiger partial charge in [0.25, 0.3) is 5.91 Å². The average Bonchev–Trinajstić information content (AvgIpc) is 3.00.